The van der Waals surface area contributed by atoms with Crippen molar-refractivity contribution >= 4 is 0 Å². The zero-order valence-corrected chi connectivity index (χ0v) is 14.3. The van der Waals surface area contributed by atoms with Crippen molar-refractivity contribution in [3.63, 3.8) is 0 Å². The molecule has 0 unspecified atom stereocenters. The quantitative estimate of drug-likeness (QED) is 0.499. The van der Waals surface area contributed by atoms with Crippen LogP contribution in [0.3, 0.4) is 0 Å². The number of nitrogens with zero attached hydrogens (tertiary/aromatic N) is 2. The summed E-state index contributed by atoms with van der Waals surface area (Å²) in [5.74, 6) is 0.511. The van der Waals surface area contributed by atoms with Gasteiger partial charge in [0.2, 0.25) is 0 Å². The van der Waals surface area contributed by atoms with E-state index in [1.54, 1.807) is 23.9 Å². The second-order valence-electron chi connectivity index (χ2n) is 5.87. The van der Waals surface area contributed by atoms with Crippen LogP contribution in [0.5, 0.6) is 5.75 Å². The molecule has 4 aromatic rings. The molecule has 0 bridgehead atoms. The van der Waals surface area contributed by atoms with E-state index < -0.39 is 0 Å². The average molecular weight is 344 g/mol. The first kappa shape index (κ1) is 16.1. The number of methoxy groups -OCH3 is 1. The van der Waals surface area contributed by atoms with Crippen LogP contribution in [0.15, 0.2) is 84.9 Å². The Hall–Kier alpha value is -3.40. The highest BCUT2D eigenvalue weighted by molar-refractivity contribution is 5.71. The number of ether oxygens (including phenoxy) is 1. The lowest BCUT2D eigenvalue weighted by atomic mass is 10.1. The van der Waals surface area contributed by atoms with Crippen LogP contribution in [0.25, 0.3) is 28.2 Å². The molecule has 0 amide bonds. The maximum Gasteiger partial charge on any atom is 0.132 e. The molecule has 3 nitrogen and oxygen atoms in total. The molecule has 0 fully saturated rings. The van der Waals surface area contributed by atoms with Gasteiger partial charge in [-0.3, -0.25) is 0 Å². The zero-order valence-electron chi connectivity index (χ0n) is 14.3. The molecule has 3 aromatic carbocycles. The predicted octanol–water partition coefficient (Wildman–Crippen LogP) is 5.35. The largest absolute Gasteiger partial charge is 0.497 e. The van der Waals surface area contributed by atoms with Crippen LogP contribution in [0.1, 0.15) is 0 Å². The number of para-hydroxylation sites is 1. The van der Waals surface area contributed by atoms with E-state index in [9.17, 15) is 4.39 Å². The molecule has 0 aliphatic rings. The molecule has 0 radical (unpaired) electrons. The third-order valence-electron chi connectivity index (χ3n) is 4.25. The van der Waals surface area contributed by atoms with E-state index >= 15 is 0 Å². The Morgan fingerprint density at radius 3 is 2.23 bits per heavy atom. The van der Waals surface area contributed by atoms with E-state index in [0.717, 1.165) is 22.7 Å². The Balaban J connectivity index is 1.89. The van der Waals surface area contributed by atoms with Gasteiger partial charge in [0.05, 0.1) is 24.2 Å². The Labute approximate surface area is 151 Å². The number of hydrogen-bond donors (Lipinski definition) is 0. The monoisotopic (exact) mass is 344 g/mol. The summed E-state index contributed by atoms with van der Waals surface area (Å²) >= 11 is 0. The fourth-order valence-electron chi connectivity index (χ4n) is 2.91. The van der Waals surface area contributed by atoms with Gasteiger partial charge < -0.3 is 4.74 Å². The molecule has 0 saturated carbocycles. The fraction of sp³-hybridized carbons (Fsp3) is 0.0455. The summed E-state index contributed by atoms with van der Waals surface area (Å²) in [6, 6.07) is 26.1. The SMILES string of the molecule is COc1ccc(-c2cc(-c3ccccc3F)n(-c3ccccc3)n2)cc1. The smallest absolute Gasteiger partial charge is 0.132 e. The van der Waals surface area contributed by atoms with Crippen LogP contribution in [0.2, 0.25) is 0 Å². The van der Waals surface area contributed by atoms with Gasteiger partial charge in [0, 0.05) is 11.1 Å². The van der Waals surface area contributed by atoms with E-state index in [2.05, 4.69) is 0 Å². The summed E-state index contributed by atoms with van der Waals surface area (Å²) in [7, 11) is 1.63. The Kier molecular flexibility index (Phi) is 4.23. The molecule has 0 atom stereocenters. The first-order valence-electron chi connectivity index (χ1n) is 8.31. The Bertz CT molecular complexity index is 1020. The van der Waals surface area contributed by atoms with Crippen molar-refractivity contribution in [1.29, 1.82) is 0 Å². The second-order valence-corrected chi connectivity index (χ2v) is 5.87. The molecule has 0 aliphatic heterocycles. The molecule has 0 N–H and O–H groups in total. The lowest BCUT2D eigenvalue weighted by Gasteiger charge is -2.08. The first-order valence-corrected chi connectivity index (χ1v) is 8.31. The summed E-state index contributed by atoms with van der Waals surface area (Å²) in [6.07, 6.45) is 0. The van der Waals surface area contributed by atoms with Gasteiger partial charge in [-0.1, -0.05) is 30.3 Å². The Morgan fingerprint density at radius 1 is 0.846 bits per heavy atom. The number of hydrogen-bond acceptors (Lipinski definition) is 2. The zero-order chi connectivity index (χ0) is 17.9. The lowest BCUT2D eigenvalue weighted by molar-refractivity contribution is 0.415. The highest BCUT2D eigenvalue weighted by Crippen LogP contribution is 2.30. The highest BCUT2D eigenvalue weighted by Gasteiger charge is 2.15. The summed E-state index contributed by atoms with van der Waals surface area (Å²) in [5.41, 5.74) is 3.82. The number of benzene rings is 3. The van der Waals surface area contributed by atoms with Crippen molar-refractivity contribution in [3.8, 4) is 34.0 Å². The molecule has 4 rings (SSSR count). The van der Waals surface area contributed by atoms with E-state index in [0.29, 0.717) is 11.3 Å². The maximum atomic E-state index is 14.4. The highest BCUT2D eigenvalue weighted by atomic mass is 19.1. The molecular formula is C22H17FN2O. The molecule has 4 heteroatoms. The van der Waals surface area contributed by atoms with Crippen molar-refractivity contribution in [2.24, 2.45) is 0 Å². The molecule has 0 aliphatic carbocycles. The molecule has 0 spiro atoms. The third kappa shape index (κ3) is 2.97. The standard InChI is InChI=1S/C22H17FN2O/c1-26-18-13-11-16(12-14-18)21-15-22(19-9-5-6-10-20(19)23)25(24-21)17-7-3-2-4-8-17/h2-15H,1H3. The lowest BCUT2D eigenvalue weighted by Crippen LogP contribution is -2.00. The van der Waals surface area contributed by atoms with E-state index in [1.807, 2.05) is 66.7 Å². The minimum Gasteiger partial charge on any atom is -0.497 e. The molecular weight excluding hydrogens is 327 g/mol. The number of aromatic nitrogens is 2. The summed E-state index contributed by atoms with van der Waals surface area (Å²) in [6.45, 7) is 0. The first-order chi connectivity index (χ1) is 12.8. The maximum absolute atomic E-state index is 14.4. The number of halogens is 1. The van der Waals surface area contributed by atoms with Crippen LogP contribution >= 0.6 is 0 Å². The van der Waals surface area contributed by atoms with Gasteiger partial charge in [0.1, 0.15) is 11.6 Å². The van der Waals surface area contributed by atoms with E-state index in [4.69, 9.17) is 9.84 Å². The van der Waals surface area contributed by atoms with Crippen molar-refractivity contribution in [3.05, 3.63) is 90.7 Å². The third-order valence-corrected chi connectivity index (χ3v) is 4.25. The van der Waals surface area contributed by atoms with E-state index in [1.165, 1.54) is 6.07 Å². The van der Waals surface area contributed by atoms with Crippen LogP contribution < -0.4 is 4.74 Å². The Morgan fingerprint density at radius 2 is 1.54 bits per heavy atom. The van der Waals surface area contributed by atoms with Crippen molar-refractivity contribution < 1.29 is 9.13 Å². The molecule has 128 valence electrons. The van der Waals surface area contributed by atoms with Crippen LogP contribution in [0.4, 0.5) is 4.39 Å². The molecule has 26 heavy (non-hydrogen) atoms. The van der Waals surface area contributed by atoms with Crippen LogP contribution in [0, 0.1) is 5.82 Å². The van der Waals surface area contributed by atoms with Gasteiger partial charge in [-0.25, -0.2) is 9.07 Å². The van der Waals surface area contributed by atoms with Crippen molar-refractivity contribution in [1.82, 2.24) is 9.78 Å². The van der Waals surface area contributed by atoms with Crippen LogP contribution in [-0.4, -0.2) is 16.9 Å². The molecule has 1 heterocycles. The van der Waals surface area contributed by atoms with Gasteiger partial charge in [-0.2, -0.15) is 5.10 Å². The summed E-state index contributed by atoms with van der Waals surface area (Å²) in [5, 5.41) is 4.73. The molecule has 1 aromatic heterocycles. The minimum absolute atomic E-state index is 0.272. The summed E-state index contributed by atoms with van der Waals surface area (Å²) < 4.78 is 21.4. The van der Waals surface area contributed by atoms with Gasteiger partial charge in [-0.05, 0) is 54.6 Å². The van der Waals surface area contributed by atoms with E-state index in [-0.39, 0.29) is 5.82 Å². The van der Waals surface area contributed by atoms with Gasteiger partial charge >= 0.3 is 0 Å². The fourth-order valence-corrected chi connectivity index (χ4v) is 2.91. The minimum atomic E-state index is -0.272. The predicted molar refractivity (Wildman–Crippen MR) is 101 cm³/mol. The number of rotatable bonds is 4. The topological polar surface area (TPSA) is 27.1 Å². The van der Waals surface area contributed by atoms with Gasteiger partial charge in [-0.15, -0.1) is 0 Å². The van der Waals surface area contributed by atoms with Crippen molar-refractivity contribution in [2.75, 3.05) is 7.11 Å². The molecule has 0 saturated heterocycles. The van der Waals surface area contributed by atoms with Gasteiger partial charge in [0.25, 0.3) is 0 Å². The van der Waals surface area contributed by atoms with Gasteiger partial charge in [0.15, 0.2) is 0 Å². The van der Waals surface area contributed by atoms with Crippen molar-refractivity contribution in [2.45, 2.75) is 0 Å². The normalized spacial score (nSPS) is 10.7. The van der Waals surface area contributed by atoms with Crippen LogP contribution in [-0.2, 0) is 0 Å². The second kappa shape index (κ2) is 6.84. The average Bonchev–Trinajstić information content (AvgIpc) is 3.14. The summed E-state index contributed by atoms with van der Waals surface area (Å²) in [4.78, 5) is 0.